The highest BCUT2D eigenvalue weighted by molar-refractivity contribution is 7.89. The van der Waals surface area contributed by atoms with Crippen molar-refractivity contribution in [1.82, 2.24) is 4.90 Å². The maximum Gasteiger partial charge on any atom is 0.256 e. The van der Waals surface area contributed by atoms with Crippen molar-refractivity contribution >= 4 is 15.9 Å². The van der Waals surface area contributed by atoms with Crippen molar-refractivity contribution in [3.63, 3.8) is 0 Å². The van der Waals surface area contributed by atoms with Crippen LogP contribution >= 0.6 is 0 Å². The lowest BCUT2D eigenvalue weighted by molar-refractivity contribution is 0.0788. The summed E-state index contributed by atoms with van der Waals surface area (Å²) in [7, 11) is -2.41. The van der Waals surface area contributed by atoms with Gasteiger partial charge in [0, 0.05) is 13.6 Å². The molecule has 0 unspecified atom stereocenters. The van der Waals surface area contributed by atoms with Gasteiger partial charge in [-0.1, -0.05) is 13.3 Å². The molecule has 0 heterocycles. The molecule has 0 aliphatic carbocycles. The zero-order valence-corrected chi connectivity index (χ0v) is 11.7. The monoisotopic (exact) mass is 288 g/mol. The lowest BCUT2D eigenvalue weighted by Crippen LogP contribution is -2.28. The molecule has 1 rings (SSSR count). The number of benzene rings is 1. The van der Waals surface area contributed by atoms with E-state index in [0.717, 1.165) is 31.0 Å². The number of hydrogen-bond acceptors (Lipinski definition) is 3. The van der Waals surface area contributed by atoms with Crippen LogP contribution < -0.4 is 5.14 Å². The minimum absolute atomic E-state index is 0.277. The van der Waals surface area contributed by atoms with Crippen molar-refractivity contribution in [2.45, 2.75) is 24.7 Å². The standard InChI is InChI=1S/C12H17FN2O3S/c1-3-4-7-15(2)12(16)10-8-9(19(14,17)18)5-6-11(10)13/h5-6,8H,3-4,7H2,1-2H3,(H2,14,17,18). The van der Waals surface area contributed by atoms with Crippen molar-refractivity contribution < 1.29 is 17.6 Å². The molecular formula is C12H17FN2O3S. The van der Waals surface area contributed by atoms with E-state index in [9.17, 15) is 17.6 Å². The maximum absolute atomic E-state index is 13.6. The Morgan fingerprint density at radius 2 is 2.05 bits per heavy atom. The van der Waals surface area contributed by atoms with Gasteiger partial charge in [0.15, 0.2) is 0 Å². The molecule has 0 aliphatic rings. The third kappa shape index (κ3) is 4.00. The molecule has 1 aromatic rings. The van der Waals surface area contributed by atoms with Crippen LogP contribution in [-0.2, 0) is 10.0 Å². The van der Waals surface area contributed by atoms with Gasteiger partial charge in [0.25, 0.3) is 5.91 Å². The molecule has 0 aliphatic heterocycles. The molecule has 1 aromatic carbocycles. The number of hydrogen-bond donors (Lipinski definition) is 1. The lowest BCUT2D eigenvalue weighted by atomic mass is 10.2. The molecule has 7 heteroatoms. The van der Waals surface area contributed by atoms with Crippen LogP contribution in [0.4, 0.5) is 4.39 Å². The number of nitrogens with two attached hydrogens (primary N) is 1. The van der Waals surface area contributed by atoms with Crippen LogP contribution in [0.5, 0.6) is 0 Å². The van der Waals surface area contributed by atoms with E-state index in [1.54, 1.807) is 7.05 Å². The van der Waals surface area contributed by atoms with E-state index in [1.807, 2.05) is 6.92 Å². The second-order valence-corrected chi connectivity index (χ2v) is 5.83. The zero-order valence-electron chi connectivity index (χ0n) is 10.9. The van der Waals surface area contributed by atoms with Crippen molar-refractivity contribution in [3.8, 4) is 0 Å². The number of carbonyl (C=O) groups excluding carboxylic acids is 1. The van der Waals surface area contributed by atoms with E-state index in [1.165, 1.54) is 4.90 Å². The topological polar surface area (TPSA) is 80.5 Å². The van der Waals surface area contributed by atoms with Gasteiger partial charge in [-0.3, -0.25) is 4.79 Å². The summed E-state index contributed by atoms with van der Waals surface area (Å²) in [5.41, 5.74) is -0.287. The molecule has 0 atom stereocenters. The van der Waals surface area contributed by atoms with Crippen LogP contribution in [0.25, 0.3) is 0 Å². The number of nitrogens with zero attached hydrogens (tertiary/aromatic N) is 1. The third-order valence-electron chi connectivity index (χ3n) is 2.69. The molecule has 0 radical (unpaired) electrons. The normalized spacial score (nSPS) is 11.4. The summed E-state index contributed by atoms with van der Waals surface area (Å²) in [6.45, 7) is 2.45. The molecule has 0 saturated heterocycles. The lowest BCUT2D eigenvalue weighted by Gasteiger charge is -2.17. The minimum Gasteiger partial charge on any atom is -0.342 e. The number of unbranched alkanes of at least 4 members (excludes halogenated alkanes) is 1. The molecule has 0 spiro atoms. The summed E-state index contributed by atoms with van der Waals surface area (Å²) in [6, 6.07) is 2.93. The van der Waals surface area contributed by atoms with E-state index < -0.39 is 21.7 Å². The second-order valence-electron chi connectivity index (χ2n) is 4.27. The van der Waals surface area contributed by atoms with Gasteiger partial charge < -0.3 is 4.90 Å². The van der Waals surface area contributed by atoms with Crippen LogP contribution in [0.15, 0.2) is 23.1 Å². The predicted molar refractivity (Wildman–Crippen MR) is 69.6 cm³/mol. The highest BCUT2D eigenvalue weighted by atomic mass is 32.2. The highest BCUT2D eigenvalue weighted by Crippen LogP contribution is 2.15. The summed E-state index contributed by atoms with van der Waals surface area (Å²) in [5, 5.41) is 4.96. The Bertz CT molecular complexity index is 572. The fraction of sp³-hybridized carbons (Fsp3) is 0.417. The average molecular weight is 288 g/mol. The van der Waals surface area contributed by atoms with E-state index in [0.29, 0.717) is 6.54 Å². The SMILES string of the molecule is CCCCN(C)C(=O)c1cc(S(N)(=O)=O)ccc1F. The summed E-state index contributed by atoms with van der Waals surface area (Å²) in [6.07, 6.45) is 1.69. The van der Waals surface area contributed by atoms with Crippen LogP contribution in [0, 0.1) is 5.82 Å². The fourth-order valence-electron chi connectivity index (χ4n) is 1.55. The van der Waals surface area contributed by atoms with Crippen molar-refractivity contribution in [2.24, 2.45) is 5.14 Å². The van der Waals surface area contributed by atoms with Gasteiger partial charge in [0.1, 0.15) is 5.82 Å². The number of sulfonamides is 1. The van der Waals surface area contributed by atoms with Gasteiger partial charge in [-0.2, -0.15) is 0 Å². The van der Waals surface area contributed by atoms with Gasteiger partial charge in [-0.25, -0.2) is 17.9 Å². The smallest absolute Gasteiger partial charge is 0.256 e. The zero-order chi connectivity index (χ0) is 14.6. The van der Waals surface area contributed by atoms with Gasteiger partial charge in [0.05, 0.1) is 10.5 Å². The first-order valence-electron chi connectivity index (χ1n) is 5.85. The first kappa shape index (κ1) is 15.6. The fourth-order valence-corrected chi connectivity index (χ4v) is 2.09. The Labute approximate surface area is 112 Å². The Hall–Kier alpha value is -1.47. The molecule has 19 heavy (non-hydrogen) atoms. The Morgan fingerprint density at radius 1 is 1.42 bits per heavy atom. The van der Waals surface area contributed by atoms with E-state index in [2.05, 4.69) is 0 Å². The summed E-state index contributed by atoms with van der Waals surface area (Å²) in [4.78, 5) is 13.1. The molecule has 0 bridgehead atoms. The second kappa shape index (κ2) is 6.12. The predicted octanol–water partition coefficient (Wildman–Crippen LogP) is 1.35. The summed E-state index contributed by atoms with van der Waals surface area (Å²) >= 11 is 0. The van der Waals surface area contributed by atoms with Crippen LogP contribution in [0.1, 0.15) is 30.1 Å². The maximum atomic E-state index is 13.6. The molecule has 2 N–H and O–H groups in total. The average Bonchev–Trinajstić information content (AvgIpc) is 2.34. The van der Waals surface area contributed by atoms with Gasteiger partial charge in [-0.15, -0.1) is 0 Å². The van der Waals surface area contributed by atoms with Crippen LogP contribution in [-0.4, -0.2) is 32.8 Å². The Balaban J connectivity index is 3.09. The molecule has 5 nitrogen and oxygen atoms in total. The van der Waals surface area contributed by atoms with Gasteiger partial charge >= 0.3 is 0 Å². The Kier molecular flexibility index (Phi) is 5.02. The first-order valence-corrected chi connectivity index (χ1v) is 7.39. The quantitative estimate of drug-likeness (QED) is 0.888. The minimum atomic E-state index is -3.96. The van der Waals surface area contributed by atoms with Crippen molar-refractivity contribution in [3.05, 3.63) is 29.6 Å². The largest absolute Gasteiger partial charge is 0.342 e. The number of amides is 1. The molecule has 0 fully saturated rings. The van der Waals surface area contributed by atoms with Crippen molar-refractivity contribution in [2.75, 3.05) is 13.6 Å². The molecule has 1 amide bonds. The van der Waals surface area contributed by atoms with Gasteiger partial charge in [0.2, 0.25) is 10.0 Å². The van der Waals surface area contributed by atoms with E-state index in [-0.39, 0.29) is 10.5 Å². The van der Waals surface area contributed by atoms with Crippen LogP contribution in [0.3, 0.4) is 0 Å². The Morgan fingerprint density at radius 3 is 2.58 bits per heavy atom. The first-order chi connectivity index (χ1) is 8.77. The van der Waals surface area contributed by atoms with E-state index >= 15 is 0 Å². The molecule has 0 aromatic heterocycles. The van der Waals surface area contributed by atoms with E-state index in [4.69, 9.17) is 5.14 Å². The molecular weight excluding hydrogens is 271 g/mol. The van der Waals surface area contributed by atoms with Crippen molar-refractivity contribution in [1.29, 1.82) is 0 Å². The number of halogens is 1. The van der Waals surface area contributed by atoms with Gasteiger partial charge in [-0.05, 0) is 24.6 Å². The molecule has 106 valence electrons. The summed E-state index contributed by atoms with van der Waals surface area (Å²) in [5.74, 6) is -1.32. The highest BCUT2D eigenvalue weighted by Gasteiger charge is 2.19. The number of rotatable bonds is 5. The molecule has 0 saturated carbocycles. The third-order valence-corrected chi connectivity index (χ3v) is 3.60. The van der Waals surface area contributed by atoms with Crippen LogP contribution in [0.2, 0.25) is 0 Å². The summed E-state index contributed by atoms with van der Waals surface area (Å²) < 4.78 is 36.0. The number of primary sulfonamides is 1. The number of carbonyl (C=O) groups is 1.